The molecule has 0 spiro atoms. The predicted molar refractivity (Wildman–Crippen MR) is 57.0 cm³/mol. The van der Waals surface area contributed by atoms with Crippen molar-refractivity contribution in [3.05, 3.63) is 48.5 Å². The summed E-state index contributed by atoms with van der Waals surface area (Å²) in [7, 11) is 0. The van der Waals surface area contributed by atoms with Gasteiger partial charge >= 0.3 is 0 Å². The van der Waals surface area contributed by atoms with Crippen LogP contribution in [0.4, 0.5) is 0 Å². The molecule has 70 valence electrons. The zero-order valence-electron chi connectivity index (χ0n) is 7.52. The Morgan fingerprint density at radius 3 is 2.14 bits per heavy atom. The number of hydrogen-bond acceptors (Lipinski definition) is 2. The van der Waals surface area contributed by atoms with Crippen molar-refractivity contribution >= 4 is 11.6 Å². The molecule has 0 saturated heterocycles. The van der Waals surface area contributed by atoms with Crippen LogP contribution in [0.15, 0.2) is 42.7 Å². The van der Waals surface area contributed by atoms with Crippen molar-refractivity contribution in [2.75, 3.05) is 0 Å². The van der Waals surface area contributed by atoms with E-state index in [-0.39, 0.29) is 0 Å². The summed E-state index contributed by atoms with van der Waals surface area (Å²) in [6, 6.07) is 10.0. The van der Waals surface area contributed by atoms with E-state index < -0.39 is 0 Å². The quantitative estimate of drug-likeness (QED) is 0.703. The molecule has 0 fully saturated rings. The highest BCUT2D eigenvalue weighted by atomic mass is 35.5. The van der Waals surface area contributed by atoms with Gasteiger partial charge in [0.15, 0.2) is 0 Å². The van der Waals surface area contributed by atoms with Crippen molar-refractivity contribution in [1.29, 1.82) is 0 Å². The molecular weight excluding hydrogens is 196 g/mol. The highest BCUT2D eigenvalue weighted by molar-refractivity contribution is 6.16. The van der Waals surface area contributed by atoms with Crippen LogP contribution in [0.1, 0.15) is 5.82 Å². The predicted octanol–water partition coefficient (Wildman–Crippen LogP) is 2.88. The molecule has 0 aliphatic carbocycles. The monoisotopic (exact) mass is 204 g/mol. The smallest absolute Gasteiger partial charge is 0.142 e. The molecule has 1 aromatic heterocycles. The number of benzene rings is 1. The standard InChI is InChI=1S/C11H9ClN2/c12-6-11-13-7-10(8-14-11)9-4-2-1-3-5-9/h1-5,7-8H,6H2. The summed E-state index contributed by atoms with van der Waals surface area (Å²) in [6.07, 6.45) is 3.58. The first kappa shape index (κ1) is 9.16. The van der Waals surface area contributed by atoms with E-state index in [1.165, 1.54) is 0 Å². The van der Waals surface area contributed by atoms with Crippen molar-refractivity contribution in [3.63, 3.8) is 0 Å². The molecule has 0 unspecified atom stereocenters. The van der Waals surface area contributed by atoms with Crippen LogP contribution in [0.5, 0.6) is 0 Å². The lowest BCUT2D eigenvalue weighted by molar-refractivity contribution is 1.03. The first-order chi connectivity index (χ1) is 6.90. The fourth-order valence-corrected chi connectivity index (χ4v) is 1.34. The zero-order valence-corrected chi connectivity index (χ0v) is 8.28. The molecule has 1 heterocycles. The van der Waals surface area contributed by atoms with E-state index in [0.717, 1.165) is 11.1 Å². The molecule has 0 radical (unpaired) electrons. The molecule has 0 saturated carbocycles. The molecule has 0 aliphatic rings. The van der Waals surface area contributed by atoms with Gasteiger partial charge in [0.1, 0.15) is 5.82 Å². The maximum atomic E-state index is 5.60. The molecule has 0 bridgehead atoms. The molecule has 2 rings (SSSR count). The summed E-state index contributed by atoms with van der Waals surface area (Å²) >= 11 is 5.60. The second kappa shape index (κ2) is 4.20. The molecule has 0 N–H and O–H groups in total. The molecule has 0 amide bonds. The van der Waals surface area contributed by atoms with Gasteiger partial charge in [-0.25, -0.2) is 9.97 Å². The summed E-state index contributed by atoms with van der Waals surface area (Å²) in [5.74, 6) is 1.01. The van der Waals surface area contributed by atoms with Gasteiger partial charge in [0.25, 0.3) is 0 Å². The number of alkyl halides is 1. The Morgan fingerprint density at radius 1 is 0.929 bits per heavy atom. The minimum atomic E-state index is 0.356. The van der Waals surface area contributed by atoms with E-state index in [2.05, 4.69) is 9.97 Å². The van der Waals surface area contributed by atoms with Crippen LogP contribution in [0.3, 0.4) is 0 Å². The van der Waals surface area contributed by atoms with Crippen molar-refractivity contribution in [3.8, 4) is 11.1 Å². The van der Waals surface area contributed by atoms with E-state index >= 15 is 0 Å². The van der Waals surface area contributed by atoms with Crippen molar-refractivity contribution in [2.45, 2.75) is 5.88 Å². The van der Waals surface area contributed by atoms with Gasteiger partial charge in [-0.1, -0.05) is 30.3 Å². The van der Waals surface area contributed by atoms with Gasteiger partial charge in [0, 0.05) is 18.0 Å². The van der Waals surface area contributed by atoms with Crippen molar-refractivity contribution in [2.24, 2.45) is 0 Å². The van der Waals surface area contributed by atoms with Crippen molar-refractivity contribution < 1.29 is 0 Å². The lowest BCUT2D eigenvalue weighted by Crippen LogP contribution is -1.90. The maximum absolute atomic E-state index is 5.60. The van der Waals surface area contributed by atoms with E-state index in [9.17, 15) is 0 Å². The normalized spacial score (nSPS) is 10.1. The number of nitrogens with zero attached hydrogens (tertiary/aromatic N) is 2. The molecule has 14 heavy (non-hydrogen) atoms. The first-order valence-electron chi connectivity index (χ1n) is 4.32. The first-order valence-corrected chi connectivity index (χ1v) is 4.86. The summed E-state index contributed by atoms with van der Waals surface area (Å²) in [5, 5.41) is 0. The second-order valence-corrected chi connectivity index (χ2v) is 3.15. The third-order valence-corrected chi connectivity index (χ3v) is 2.17. The van der Waals surface area contributed by atoms with Gasteiger partial charge in [0.2, 0.25) is 0 Å². The molecule has 0 atom stereocenters. The lowest BCUT2D eigenvalue weighted by Gasteiger charge is -2.00. The maximum Gasteiger partial charge on any atom is 0.142 e. The SMILES string of the molecule is ClCc1ncc(-c2ccccc2)cn1. The minimum absolute atomic E-state index is 0.356. The van der Waals surface area contributed by atoms with Gasteiger partial charge < -0.3 is 0 Å². The third kappa shape index (κ3) is 1.91. The highest BCUT2D eigenvalue weighted by Gasteiger charge is 1.98. The van der Waals surface area contributed by atoms with Gasteiger partial charge in [0.05, 0.1) is 5.88 Å². The largest absolute Gasteiger partial charge is 0.239 e. The average molecular weight is 205 g/mol. The van der Waals surface area contributed by atoms with Gasteiger partial charge in [-0.15, -0.1) is 11.6 Å². The Kier molecular flexibility index (Phi) is 2.75. The number of halogens is 1. The highest BCUT2D eigenvalue weighted by Crippen LogP contribution is 2.16. The average Bonchev–Trinajstić information content (AvgIpc) is 2.30. The summed E-state index contributed by atoms with van der Waals surface area (Å²) < 4.78 is 0. The van der Waals surface area contributed by atoms with Crippen LogP contribution in [-0.4, -0.2) is 9.97 Å². The molecule has 2 aromatic rings. The Hall–Kier alpha value is -1.41. The second-order valence-electron chi connectivity index (χ2n) is 2.89. The molecule has 2 nitrogen and oxygen atoms in total. The Balaban J connectivity index is 2.34. The minimum Gasteiger partial charge on any atom is -0.239 e. The fraction of sp³-hybridized carbons (Fsp3) is 0.0909. The van der Waals surface area contributed by atoms with Crippen LogP contribution in [0.2, 0.25) is 0 Å². The summed E-state index contributed by atoms with van der Waals surface area (Å²) in [6.45, 7) is 0. The van der Waals surface area contributed by atoms with Gasteiger partial charge in [-0.2, -0.15) is 0 Å². The fourth-order valence-electron chi connectivity index (χ4n) is 1.20. The molecule has 1 aromatic carbocycles. The van der Waals surface area contributed by atoms with Crippen LogP contribution in [0, 0.1) is 0 Å². The zero-order chi connectivity index (χ0) is 9.80. The van der Waals surface area contributed by atoms with Gasteiger partial charge in [-0.05, 0) is 5.56 Å². The number of aromatic nitrogens is 2. The number of rotatable bonds is 2. The van der Waals surface area contributed by atoms with E-state index in [1.807, 2.05) is 30.3 Å². The summed E-state index contributed by atoms with van der Waals surface area (Å²) in [5.41, 5.74) is 2.13. The third-order valence-electron chi connectivity index (χ3n) is 1.93. The van der Waals surface area contributed by atoms with E-state index in [0.29, 0.717) is 11.7 Å². The van der Waals surface area contributed by atoms with Crippen molar-refractivity contribution in [1.82, 2.24) is 9.97 Å². The van der Waals surface area contributed by atoms with Crippen LogP contribution < -0.4 is 0 Å². The molecule has 0 aliphatic heterocycles. The molecular formula is C11H9ClN2. The van der Waals surface area contributed by atoms with Crippen LogP contribution in [-0.2, 0) is 5.88 Å². The Labute approximate surface area is 87.6 Å². The lowest BCUT2D eigenvalue weighted by atomic mass is 10.1. The number of hydrogen-bond donors (Lipinski definition) is 0. The Bertz CT molecular complexity index is 397. The Morgan fingerprint density at radius 2 is 1.57 bits per heavy atom. The van der Waals surface area contributed by atoms with E-state index in [4.69, 9.17) is 11.6 Å². The topological polar surface area (TPSA) is 25.8 Å². The van der Waals surface area contributed by atoms with Gasteiger partial charge in [-0.3, -0.25) is 0 Å². The van der Waals surface area contributed by atoms with Crippen LogP contribution >= 0.6 is 11.6 Å². The van der Waals surface area contributed by atoms with Crippen LogP contribution in [0.25, 0.3) is 11.1 Å². The molecule has 3 heteroatoms. The van der Waals surface area contributed by atoms with E-state index in [1.54, 1.807) is 12.4 Å². The summed E-state index contributed by atoms with van der Waals surface area (Å²) in [4.78, 5) is 8.26.